The number of amides is 2. The lowest BCUT2D eigenvalue weighted by Crippen LogP contribution is -2.31. The minimum absolute atomic E-state index is 0.0448. The van der Waals surface area contributed by atoms with E-state index in [2.05, 4.69) is 10.6 Å². The summed E-state index contributed by atoms with van der Waals surface area (Å²) < 4.78 is 0. The van der Waals surface area contributed by atoms with E-state index in [0.29, 0.717) is 12.1 Å². The molecule has 0 saturated carbocycles. The lowest BCUT2D eigenvalue weighted by molar-refractivity contribution is -0.120. The van der Waals surface area contributed by atoms with Gasteiger partial charge in [-0.05, 0) is 24.6 Å². The van der Waals surface area contributed by atoms with Crippen LogP contribution in [-0.2, 0) is 4.79 Å². The van der Waals surface area contributed by atoms with Crippen molar-refractivity contribution >= 4 is 11.8 Å². The van der Waals surface area contributed by atoms with Gasteiger partial charge in [-0.3, -0.25) is 9.59 Å². The van der Waals surface area contributed by atoms with Crippen molar-refractivity contribution in [3.63, 3.8) is 0 Å². The van der Waals surface area contributed by atoms with Gasteiger partial charge in [-0.2, -0.15) is 0 Å². The smallest absolute Gasteiger partial charge is 0.251 e. The van der Waals surface area contributed by atoms with Crippen LogP contribution in [0.1, 0.15) is 30.1 Å². The van der Waals surface area contributed by atoms with Crippen molar-refractivity contribution in [2.45, 2.75) is 19.8 Å². The van der Waals surface area contributed by atoms with Crippen LogP contribution in [-0.4, -0.2) is 30.0 Å². The van der Waals surface area contributed by atoms with Gasteiger partial charge in [0.25, 0.3) is 5.91 Å². The van der Waals surface area contributed by atoms with E-state index in [0.717, 1.165) is 6.42 Å². The first-order valence-electron chi connectivity index (χ1n) is 5.97. The molecule has 5 heteroatoms. The number of nitrogens with one attached hydrogen (secondary N) is 2. The minimum atomic E-state index is -0.297. The van der Waals surface area contributed by atoms with Crippen molar-refractivity contribution in [2.75, 3.05) is 13.1 Å². The van der Waals surface area contributed by atoms with Crippen molar-refractivity contribution in [1.82, 2.24) is 10.6 Å². The van der Waals surface area contributed by atoms with Crippen LogP contribution in [0.4, 0.5) is 0 Å². The molecule has 0 aliphatic carbocycles. The molecule has 1 rings (SSSR count). The number of phenolic OH excluding ortho intramolecular Hbond substituents is 1. The molecular formula is C13H18N2O3. The molecule has 2 amide bonds. The van der Waals surface area contributed by atoms with Gasteiger partial charge in [-0.1, -0.05) is 13.0 Å². The maximum Gasteiger partial charge on any atom is 0.251 e. The average Bonchev–Trinajstić information content (AvgIpc) is 2.36. The number of carbonyl (C=O) groups is 2. The lowest BCUT2D eigenvalue weighted by Gasteiger charge is -2.06. The molecule has 0 unspecified atom stereocenters. The molecule has 18 heavy (non-hydrogen) atoms. The Kier molecular flexibility index (Phi) is 5.70. The first kappa shape index (κ1) is 14.0. The molecule has 0 spiro atoms. The Balaban J connectivity index is 2.31. The first-order valence-corrected chi connectivity index (χ1v) is 5.97. The highest BCUT2D eigenvalue weighted by Crippen LogP contribution is 2.10. The Labute approximate surface area is 106 Å². The van der Waals surface area contributed by atoms with Crippen LogP contribution in [0.3, 0.4) is 0 Å². The van der Waals surface area contributed by atoms with Crippen LogP contribution < -0.4 is 10.6 Å². The van der Waals surface area contributed by atoms with Crippen LogP contribution in [0.15, 0.2) is 24.3 Å². The summed E-state index contributed by atoms with van der Waals surface area (Å²) in [6.07, 6.45) is 1.14. The summed E-state index contributed by atoms with van der Waals surface area (Å²) in [7, 11) is 0. The first-order chi connectivity index (χ1) is 8.63. The molecule has 3 N–H and O–H groups in total. The monoisotopic (exact) mass is 250 g/mol. The molecule has 0 bridgehead atoms. The highest BCUT2D eigenvalue weighted by Gasteiger charge is 2.06. The Morgan fingerprint density at radius 1 is 1.22 bits per heavy atom. The Morgan fingerprint density at radius 2 is 2.00 bits per heavy atom. The Bertz CT molecular complexity index is 418. The second-order valence-electron chi connectivity index (χ2n) is 3.91. The van der Waals surface area contributed by atoms with Crippen LogP contribution in [0.25, 0.3) is 0 Å². The molecule has 0 aromatic heterocycles. The van der Waals surface area contributed by atoms with E-state index >= 15 is 0 Å². The average molecular weight is 250 g/mol. The third kappa shape index (κ3) is 4.86. The number of hydrogen-bond acceptors (Lipinski definition) is 3. The maximum atomic E-state index is 11.6. The van der Waals surface area contributed by atoms with Gasteiger partial charge in [0.15, 0.2) is 0 Å². The molecule has 0 radical (unpaired) electrons. The zero-order valence-electron chi connectivity index (χ0n) is 10.4. The summed E-state index contributed by atoms with van der Waals surface area (Å²) in [4.78, 5) is 22.9. The summed E-state index contributed by atoms with van der Waals surface area (Å²) in [5.41, 5.74) is 0.379. The molecule has 0 aliphatic rings. The fourth-order valence-corrected chi connectivity index (χ4v) is 1.39. The molecule has 0 atom stereocenters. The predicted molar refractivity (Wildman–Crippen MR) is 68.4 cm³/mol. The molecule has 5 nitrogen and oxygen atoms in total. The lowest BCUT2D eigenvalue weighted by atomic mass is 10.2. The Hall–Kier alpha value is -2.04. The normalized spacial score (nSPS) is 9.83. The maximum absolute atomic E-state index is 11.6. The van der Waals surface area contributed by atoms with Gasteiger partial charge in [0.05, 0.1) is 0 Å². The SMILES string of the molecule is CCCNC(=O)CCNC(=O)c1cccc(O)c1. The van der Waals surface area contributed by atoms with Crippen LogP contribution >= 0.6 is 0 Å². The van der Waals surface area contributed by atoms with E-state index in [1.807, 2.05) is 6.92 Å². The van der Waals surface area contributed by atoms with Gasteiger partial charge in [0, 0.05) is 25.1 Å². The van der Waals surface area contributed by atoms with Gasteiger partial charge in [-0.25, -0.2) is 0 Å². The molecule has 1 aromatic rings. The highest BCUT2D eigenvalue weighted by atomic mass is 16.3. The molecule has 0 saturated heterocycles. The standard InChI is InChI=1S/C13H18N2O3/c1-2-7-14-12(17)6-8-15-13(18)10-4-3-5-11(16)9-10/h3-5,9,16H,2,6-8H2,1H3,(H,14,17)(H,15,18). The second kappa shape index (κ2) is 7.32. The molecule has 98 valence electrons. The third-order valence-corrected chi connectivity index (χ3v) is 2.32. The predicted octanol–water partition coefficient (Wildman–Crippen LogP) is 1.04. The molecule has 1 aromatic carbocycles. The van der Waals surface area contributed by atoms with E-state index in [1.54, 1.807) is 12.1 Å². The van der Waals surface area contributed by atoms with E-state index < -0.39 is 0 Å². The number of phenols is 1. The fraction of sp³-hybridized carbons (Fsp3) is 0.385. The molecule has 0 aliphatic heterocycles. The van der Waals surface area contributed by atoms with Gasteiger partial charge in [-0.15, -0.1) is 0 Å². The highest BCUT2D eigenvalue weighted by molar-refractivity contribution is 5.94. The van der Waals surface area contributed by atoms with Crippen molar-refractivity contribution in [3.05, 3.63) is 29.8 Å². The van der Waals surface area contributed by atoms with Crippen LogP contribution in [0.2, 0.25) is 0 Å². The molecule has 0 heterocycles. The zero-order valence-corrected chi connectivity index (χ0v) is 10.4. The van der Waals surface area contributed by atoms with E-state index in [1.165, 1.54) is 12.1 Å². The number of hydrogen-bond donors (Lipinski definition) is 3. The molecular weight excluding hydrogens is 232 g/mol. The second-order valence-corrected chi connectivity index (χ2v) is 3.91. The van der Waals surface area contributed by atoms with E-state index in [-0.39, 0.29) is 30.5 Å². The van der Waals surface area contributed by atoms with Crippen molar-refractivity contribution in [2.24, 2.45) is 0 Å². The minimum Gasteiger partial charge on any atom is -0.508 e. The van der Waals surface area contributed by atoms with Crippen molar-refractivity contribution < 1.29 is 14.7 Å². The fourth-order valence-electron chi connectivity index (χ4n) is 1.39. The van der Waals surface area contributed by atoms with E-state index in [9.17, 15) is 14.7 Å². The summed E-state index contributed by atoms with van der Waals surface area (Å²) >= 11 is 0. The summed E-state index contributed by atoms with van der Waals surface area (Å²) in [5, 5.41) is 14.6. The van der Waals surface area contributed by atoms with Gasteiger partial charge >= 0.3 is 0 Å². The van der Waals surface area contributed by atoms with Crippen molar-refractivity contribution in [1.29, 1.82) is 0 Å². The van der Waals surface area contributed by atoms with Gasteiger partial charge < -0.3 is 15.7 Å². The summed E-state index contributed by atoms with van der Waals surface area (Å²) in [6.45, 7) is 2.91. The summed E-state index contributed by atoms with van der Waals surface area (Å²) in [6, 6.07) is 6.08. The molecule has 0 fully saturated rings. The van der Waals surface area contributed by atoms with Crippen molar-refractivity contribution in [3.8, 4) is 5.75 Å². The summed E-state index contributed by atoms with van der Waals surface area (Å²) in [5.74, 6) is -0.328. The van der Waals surface area contributed by atoms with Crippen LogP contribution in [0, 0.1) is 0 Å². The van der Waals surface area contributed by atoms with Gasteiger partial charge in [0.1, 0.15) is 5.75 Å². The van der Waals surface area contributed by atoms with Crippen LogP contribution in [0.5, 0.6) is 5.75 Å². The quantitative estimate of drug-likeness (QED) is 0.705. The largest absolute Gasteiger partial charge is 0.508 e. The number of rotatable bonds is 6. The number of carbonyl (C=O) groups excluding carboxylic acids is 2. The van der Waals surface area contributed by atoms with E-state index in [4.69, 9.17) is 0 Å². The number of aromatic hydroxyl groups is 1. The third-order valence-electron chi connectivity index (χ3n) is 2.32. The topological polar surface area (TPSA) is 78.4 Å². The Morgan fingerprint density at radius 3 is 2.67 bits per heavy atom. The number of benzene rings is 1. The zero-order chi connectivity index (χ0) is 13.4. The van der Waals surface area contributed by atoms with Gasteiger partial charge in [0.2, 0.25) is 5.91 Å².